The highest BCUT2D eigenvalue weighted by Gasteiger charge is 2.03. The minimum Gasteiger partial charge on any atom is -0.494 e. The molecule has 0 amide bonds. The highest BCUT2D eigenvalue weighted by molar-refractivity contribution is 6.30. The van der Waals surface area contributed by atoms with E-state index >= 15 is 0 Å². The van der Waals surface area contributed by atoms with E-state index in [4.69, 9.17) is 16.3 Å². The summed E-state index contributed by atoms with van der Waals surface area (Å²) in [6.07, 6.45) is 3.86. The first-order chi connectivity index (χ1) is 8.27. The molecular formula is C15H19ClO. The molecule has 0 atom stereocenters. The SMILES string of the molecule is CCCC#CCCc1cc(Cl)ccc1OCC. The van der Waals surface area contributed by atoms with Crippen molar-refractivity contribution in [1.82, 2.24) is 0 Å². The van der Waals surface area contributed by atoms with E-state index in [2.05, 4.69) is 18.8 Å². The largest absolute Gasteiger partial charge is 0.494 e. The van der Waals surface area contributed by atoms with Crippen molar-refractivity contribution in [1.29, 1.82) is 0 Å². The van der Waals surface area contributed by atoms with Crippen LogP contribution in [0.4, 0.5) is 0 Å². The maximum atomic E-state index is 5.99. The minimum atomic E-state index is 0.677. The smallest absolute Gasteiger partial charge is 0.122 e. The number of rotatable bonds is 5. The molecule has 0 spiro atoms. The summed E-state index contributed by atoms with van der Waals surface area (Å²) in [5.74, 6) is 7.25. The van der Waals surface area contributed by atoms with Gasteiger partial charge in [-0.05, 0) is 43.5 Å². The lowest BCUT2D eigenvalue weighted by molar-refractivity contribution is 0.336. The Morgan fingerprint density at radius 3 is 2.65 bits per heavy atom. The van der Waals surface area contributed by atoms with Gasteiger partial charge in [0.1, 0.15) is 5.75 Å². The number of hydrogen-bond donors (Lipinski definition) is 0. The molecule has 0 saturated heterocycles. The summed E-state index contributed by atoms with van der Waals surface area (Å²) in [7, 11) is 0. The van der Waals surface area contributed by atoms with Crippen LogP contribution in [0.2, 0.25) is 5.02 Å². The lowest BCUT2D eigenvalue weighted by Gasteiger charge is -2.09. The maximum Gasteiger partial charge on any atom is 0.122 e. The molecular weight excluding hydrogens is 232 g/mol. The van der Waals surface area contributed by atoms with Gasteiger partial charge in [0.25, 0.3) is 0 Å². The molecule has 0 N–H and O–H groups in total. The molecule has 0 aliphatic heterocycles. The van der Waals surface area contributed by atoms with Crippen LogP contribution in [0.25, 0.3) is 0 Å². The molecule has 1 aromatic rings. The molecule has 92 valence electrons. The second kappa shape index (κ2) is 8.03. The average molecular weight is 251 g/mol. The van der Waals surface area contributed by atoms with Crippen LogP contribution >= 0.6 is 11.6 Å². The number of aryl methyl sites for hydroxylation is 1. The zero-order valence-electron chi connectivity index (χ0n) is 10.6. The molecule has 17 heavy (non-hydrogen) atoms. The minimum absolute atomic E-state index is 0.677. The molecule has 0 aliphatic rings. The molecule has 1 aromatic carbocycles. The Labute approximate surface area is 109 Å². The summed E-state index contributed by atoms with van der Waals surface area (Å²) in [5, 5.41) is 0.755. The van der Waals surface area contributed by atoms with Crippen LogP contribution in [-0.4, -0.2) is 6.61 Å². The highest BCUT2D eigenvalue weighted by Crippen LogP contribution is 2.24. The van der Waals surface area contributed by atoms with Crippen molar-refractivity contribution in [2.45, 2.75) is 39.5 Å². The van der Waals surface area contributed by atoms with Crippen LogP contribution in [0.3, 0.4) is 0 Å². The van der Waals surface area contributed by atoms with E-state index in [1.54, 1.807) is 0 Å². The quantitative estimate of drug-likeness (QED) is 0.701. The van der Waals surface area contributed by atoms with E-state index in [0.29, 0.717) is 6.61 Å². The standard InChI is InChI=1S/C15H19ClO/c1-3-5-6-7-8-9-13-12-14(16)10-11-15(13)17-4-2/h10-12H,3-5,8-9H2,1-2H3. The Balaban J connectivity index is 2.62. The van der Waals surface area contributed by atoms with Crippen LogP contribution in [0, 0.1) is 11.8 Å². The molecule has 0 aromatic heterocycles. The number of unbranched alkanes of at least 4 members (excludes halogenated alkanes) is 1. The number of hydrogen-bond acceptors (Lipinski definition) is 1. The molecule has 0 radical (unpaired) electrons. The van der Waals surface area contributed by atoms with Crippen LogP contribution in [0.15, 0.2) is 18.2 Å². The van der Waals surface area contributed by atoms with Gasteiger partial charge in [-0.15, -0.1) is 11.8 Å². The summed E-state index contributed by atoms with van der Waals surface area (Å²) < 4.78 is 5.56. The third kappa shape index (κ3) is 5.15. The summed E-state index contributed by atoms with van der Waals surface area (Å²) in [6, 6.07) is 5.76. The van der Waals surface area contributed by atoms with Gasteiger partial charge in [0.2, 0.25) is 0 Å². The molecule has 1 nitrogen and oxygen atoms in total. The molecule has 0 aliphatic carbocycles. The van der Waals surface area contributed by atoms with Crippen LogP contribution in [0.1, 0.15) is 38.7 Å². The normalized spacial score (nSPS) is 9.59. The van der Waals surface area contributed by atoms with Crippen molar-refractivity contribution >= 4 is 11.6 Å². The highest BCUT2D eigenvalue weighted by atomic mass is 35.5. The van der Waals surface area contributed by atoms with E-state index in [-0.39, 0.29) is 0 Å². The van der Waals surface area contributed by atoms with E-state index in [1.165, 1.54) is 0 Å². The Morgan fingerprint density at radius 2 is 1.94 bits per heavy atom. The van der Waals surface area contributed by atoms with Crippen LogP contribution < -0.4 is 4.74 Å². The number of ether oxygens (including phenoxy) is 1. The third-order valence-electron chi connectivity index (χ3n) is 2.34. The Kier molecular flexibility index (Phi) is 6.58. The van der Waals surface area contributed by atoms with Gasteiger partial charge >= 0.3 is 0 Å². The molecule has 0 saturated carbocycles. The van der Waals surface area contributed by atoms with Crippen molar-refractivity contribution in [3.05, 3.63) is 28.8 Å². The van der Waals surface area contributed by atoms with Gasteiger partial charge in [-0.3, -0.25) is 0 Å². The Bertz CT molecular complexity index is 401. The van der Waals surface area contributed by atoms with Crippen molar-refractivity contribution in [2.75, 3.05) is 6.61 Å². The predicted molar refractivity (Wildman–Crippen MR) is 73.6 cm³/mol. The maximum absolute atomic E-state index is 5.99. The Morgan fingerprint density at radius 1 is 1.18 bits per heavy atom. The third-order valence-corrected chi connectivity index (χ3v) is 2.58. The molecule has 1 rings (SSSR count). The van der Waals surface area contributed by atoms with Gasteiger partial charge in [-0.25, -0.2) is 0 Å². The first-order valence-electron chi connectivity index (χ1n) is 6.14. The first kappa shape index (κ1) is 13.9. The van der Waals surface area contributed by atoms with Gasteiger partial charge in [0.15, 0.2) is 0 Å². The fraction of sp³-hybridized carbons (Fsp3) is 0.467. The zero-order chi connectivity index (χ0) is 12.5. The van der Waals surface area contributed by atoms with Crippen LogP contribution in [0.5, 0.6) is 5.75 Å². The van der Waals surface area contributed by atoms with Crippen molar-refractivity contribution < 1.29 is 4.74 Å². The second-order valence-corrected chi connectivity index (χ2v) is 4.23. The number of halogens is 1. The summed E-state index contributed by atoms with van der Waals surface area (Å²) in [5.41, 5.74) is 1.14. The van der Waals surface area contributed by atoms with Gasteiger partial charge < -0.3 is 4.74 Å². The zero-order valence-corrected chi connectivity index (χ0v) is 11.3. The molecule has 0 fully saturated rings. The molecule has 2 heteroatoms. The van der Waals surface area contributed by atoms with E-state index < -0.39 is 0 Å². The van der Waals surface area contributed by atoms with Crippen molar-refractivity contribution in [3.8, 4) is 17.6 Å². The Hall–Kier alpha value is -1.13. The molecule has 0 heterocycles. The fourth-order valence-electron chi connectivity index (χ4n) is 1.54. The van der Waals surface area contributed by atoms with Gasteiger partial charge in [-0.2, -0.15) is 0 Å². The number of benzene rings is 1. The van der Waals surface area contributed by atoms with Crippen LogP contribution in [-0.2, 0) is 6.42 Å². The summed E-state index contributed by atoms with van der Waals surface area (Å²) in [4.78, 5) is 0. The van der Waals surface area contributed by atoms with Gasteiger partial charge in [0, 0.05) is 17.9 Å². The average Bonchev–Trinajstić information content (AvgIpc) is 2.32. The van der Waals surface area contributed by atoms with E-state index in [1.807, 2.05) is 25.1 Å². The lowest BCUT2D eigenvalue weighted by Crippen LogP contribution is -1.96. The fourth-order valence-corrected chi connectivity index (χ4v) is 1.73. The predicted octanol–water partition coefficient (Wildman–Crippen LogP) is 4.47. The first-order valence-corrected chi connectivity index (χ1v) is 6.52. The van der Waals surface area contributed by atoms with Gasteiger partial charge in [0.05, 0.1) is 6.61 Å². The van der Waals surface area contributed by atoms with Crippen molar-refractivity contribution in [2.24, 2.45) is 0 Å². The van der Waals surface area contributed by atoms with Crippen molar-refractivity contribution in [3.63, 3.8) is 0 Å². The summed E-state index contributed by atoms with van der Waals surface area (Å²) >= 11 is 5.99. The molecule has 0 bridgehead atoms. The van der Waals surface area contributed by atoms with Gasteiger partial charge in [-0.1, -0.05) is 18.5 Å². The monoisotopic (exact) mass is 250 g/mol. The second-order valence-electron chi connectivity index (χ2n) is 3.79. The molecule has 0 unspecified atom stereocenters. The van der Waals surface area contributed by atoms with E-state index in [0.717, 1.165) is 42.0 Å². The van der Waals surface area contributed by atoms with E-state index in [9.17, 15) is 0 Å². The topological polar surface area (TPSA) is 9.23 Å². The lowest BCUT2D eigenvalue weighted by atomic mass is 10.1. The summed E-state index contributed by atoms with van der Waals surface area (Å²) in [6.45, 7) is 4.80.